The zero-order valence-corrected chi connectivity index (χ0v) is 16.7. The molecule has 26 heavy (non-hydrogen) atoms. The lowest BCUT2D eigenvalue weighted by molar-refractivity contribution is 0.0992. The van der Waals surface area contributed by atoms with Gasteiger partial charge in [0.25, 0.3) is 0 Å². The van der Waals surface area contributed by atoms with Crippen LogP contribution in [0.5, 0.6) is 11.5 Å². The molecule has 0 spiro atoms. The van der Waals surface area contributed by atoms with E-state index < -0.39 is 7.67 Å². The Morgan fingerprint density at radius 1 is 1.00 bits per heavy atom. The molecular weight excluding hydrogens is 351 g/mol. The summed E-state index contributed by atoms with van der Waals surface area (Å²) in [5.74, 6) is 0.965. The molecule has 0 radical (unpaired) electrons. The van der Waals surface area contributed by atoms with Crippen LogP contribution in [0.25, 0.3) is 0 Å². The number of carbonyl (C=O) groups is 1. The van der Waals surface area contributed by atoms with E-state index in [1.807, 2.05) is 18.2 Å². The number of ketones is 1. The molecule has 0 saturated heterocycles. The fourth-order valence-electron chi connectivity index (χ4n) is 2.46. The molecule has 2 aromatic rings. The summed E-state index contributed by atoms with van der Waals surface area (Å²) >= 11 is 0. The van der Waals surface area contributed by atoms with Gasteiger partial charge in [0.2, 0.25) is 0 Å². The second-order valence-corrected chi connectivity index (χ2v) is 8.98. The zero-order valence-electron chi connectivity index (χ0n) is 15.8. The molecule has 0 atom stereocenters. The molecule has 7 heteroatoms. The summed E-state index contributed by atoms with van der Waals surface area (Å²) in [6.07, 6.45) is 0.122. The van der Waals surface area contributed by atoms with Gasteiger partial charge in [-0.3, -0.25) is 4.79 Å². The molecule has 0 N–H and O–H groups in total. The maximum absolute atomic E-state index is 13.2. The Kier molecular flexibility index (Phi) is 6.59. The first kappa shape index (κ1) is 20.2. The minimum absolute atomic E-state index is 0.0479. The molecule has 0 heterocycles. The van der Waals surface area contributed by atoms with Crippen LogP contribution in [0.3, 0.4) is 0 Å². The Hall–Kier alpha value is -2.14. The van der Waals surface area contributed by atoms with Crippen LogP contribution in [0, 0.1) is 0 Å². The molecule has 6 nitrogen and oxygen atoms in total. The number of hydrogen-bond donors (Lipinski definition) is 0. The quantitative estimate of drug-likeness (QED) is 0.517. The topological polar surface area (TPSA) is 59.1 Å². The summed E-state index contributed by atoms with van der Waals surface area (Å²) in [5.41, 5.74) is 1.24. The lowest BCUT2D eigenvalue weighted by Crippen LogP contribution is -2.24. The summed E-state index contributed by atoms with van der Waals surface area (Å²) in [7, 11) is 5.10. The molecule has 0 bridgehead atoms. The first-order chi connectivity index (χ1) is 12.3. The summed E-state index contributed by atoms with van der Waals surface area (Å²) in [6.45, 7) is 0. The Bertz CT molecular complexity index is 794. The highest BCUT2D eigenvalue weighted by molar-refractivity contribution is 7.54. The van der Waals surface area contributed by atoms with Crippen LogP contribution in [0.1, 0.15) is 15.9 Å². The van der Waals surface area contributed by atoms with Gasteiger partial charge in [0, 0.05) is 17.5 Å². The van der Waals surface area contributed by atoms with Crippen molar-refractivity contribution >= 4 is 13.5 Å². The average molecular weight is 376 g/mol. The highest BCUT2D eigenvalue weighted by Crippen LogP contribution is 2.51. The fraction of sp³-hybridized carbons (Fsp3) is 0.316. The van der Waals surface area contributed by atoms with Crippen LogP contribution in [-0.4, -0.2) is 50.4 Å². The molecule has 0 aliphatic rings. The van der Waals surface area contributed by atoms with Gasteiger partial charge in [-0.1, -0.05) is 30.3 Å². The third kappa shape index (κ3) is 4.52. The van der Waals surface area contributed by atoms with Gasteiger partial charge in [0.1, 0.15) is 11.5 Å². The highest BCUT2D eigenvalue weighted by atomic mass is 31.2. The average Bonchev–Trinajstić information content (AvgIpc) is 2.63. The molecule has 0 aromatic heterocycles. The van der Waals surface area contributed by atoms with Crippen LogP contribution in [0.4, 0.5) is 0 Å². The number of rotatable bonds is 8. The van der Waals surface area contributed by atoms with E-state index in [1.165, 1.54) is 0 Å². The van der Waals surface area contributed by atoms with Crippen LogP contribution in [0.15, 0.2) is 48.5 Å². The number of hydrogen-bond acceptors (Lipinski definition) is 4. The third-order valence-electron chi connectivity index (χ3n) is 3.94. The van der Waals surface area contributed by atoms with E-state index in [9.17, 15) is 9.36 Å². The molecular formula is C19H25N2O4P. The van der Waals surface area contributed by atoms with Crippen LogP contribution < -0.4 is 9.26 Å². The van der Waals surface area contributed by atoms with Crippen molar-refractivity contribution in [2.45, 2.75) is 6.42 Å². The normalized spacial score (nSPS) is 11.7. The van der Waals surface area contributed by atoms with E-state index >= 15 is 0 Å². The summed E-state index contributed by atoms with van der Waals surface area (Å²) in [4.78, 5) is 12.6. The van der Waals surface area contributed by atoms with Crippen LogP contribution in [0.2, 0.25) is 0 Å². The van der Waals surface area contributed by atoms with Crippen molar-refractivity contribution in [3.05, 3.63) is 59.7 Å². The van der Waals surface area contributed by atoms with Crippen molar-refractivity contribution < 1.29 is 18.6 Å². The van der Waals surface area contributed by atoms with E-state index in [-0.39, 0.29) is 12.2 Å². The Morgan fingerprint density at radius 2 is 1.62 bits per heavy atom. The van der Waals surface area contributed by atoms with Crippen molar-refractivity contribution in [3.8, 4) is 11.5 Å². The van der Waals surface area contributed by atoms with Crippen LogP contribution >= 0.6 is 7.67 Å². The van der Waals surface area contributed by atoms with Crippen molar-refractivity contribution in [1.29, 1.82) is 0 Å². The largest absolute Gasteiger partial charge is 0.497 e. The van der Waals surface area contributed by atoms with Gasteiger partial charge in [-0.25, -0.2) is 13.9 Å². The lowest BCUT2D eigenvalue weighted by atomic mass is 10.0. The number of methoxy groups -OCH3 is 1. The Labute approximate surface area is 154 Å². The molecule has 140 valence electrons. The van der Waals surface area contributed by atoms with Crippen LogP contribution in [-0.2, 0) is 11.0 Å². The molecule has 0 unspecified atom stereocenters. The van der Waals surface area contributed by atoms with Gasteiger partial charge in [0.15, 0.2) is 5.78 Å². The molecule has 0 fully saturated rings. The maximum atomic E-state index is 13.2. The summed E-state index contributed by atoms with van der Waals surface area (Å²) < 4.78 is 27.4. The van der Waals surface area contributed by atoms with Crippen molar-refractivity contribution in [3.63, 3.8) is 0 Å². The predicted molar refractivity (Wildman–Crippen MR) is 103 cm³/mol. The SMILES string of the molecule is COc1ccc(OP(=O)(N(C)C)N(C)C)c(CC(=O)c2ccccc2)c1. The fourth-order valence-corrected chi connectivity index (χ4v) is 3.93. The molecule has 0 aliphatic heterocycles. The molecule has 0 aliphatic carbocycles. The van der Waals surface area contributed by atoms with E-state index in [2.05, 4.69) is 0 Å². The zero-order chi connectivity index (χ0) is 19.3. The predicted octanol–water partition coefficient (Wildman–Crippen LogP) is 3.73. The van der Waals surface area contributed by atoms with Gasteiger partial charge < -0.3 is 9.26 Å². The molecule has 2 aromatic carbocycles. The number of nitrogens with zero attached hydrogens (tertiary/aromatic N) is 2. The summed E-state index contributed by atoms with van der Waals surface area (Å²) in [5, 5.41) is 0. The molecule has 0 amide bonds. The van der Waals surface area contributed by atoms with Crippen molar-refractivity contribution in [2.75, 3.05) is 35.3 Å². The van der Waals surface area contributed by atoms with Gasteiger partial charge in [-0.2, -0.15) is 0 Å². The summed E-state index contributed by atoms with van der Waals surface area (Å²) in [6, 6.07) is 14.2. The minimum atomic E-state index is -3.24. The number of Topliss-reactive ketones (excluding diaryl/α,β-unsaturated/α-hetero) is 1. The van der Waals surface area contributed by atoms with E-state index in [0.717, 1.165) is 0 Å². The van der Waals surface area contributed by atoms with Gasteiger partial charge in [-0.15, -0.1) is 0 Å². The molecule has 0 saturated carbocycles. The Morgan fingerprint density at radius 3 is 2.15 bits per heavy atom. The Balaban J connectivity index is 2.38. The van der Waals surface area contributed by atoms with E-state index in [1.54, 1.807) is 75.0 Å². The van der Waals surface area contributed by atoms with E-state index in [0.29, 0.717) is 22.6 Å². The number of carbonyl (C=O) groups excluding carboxylic acids is 1. The van der Waals surface area contributed by atoms with Gasteiger partial charge in [0.05, 0.1) is 7.11 Å². The highest BCUT2D eigenvalue weighted by Gasteiger charge is 2.32. The lowest BCUT2D eigenvalue weighted by Gasteiger charge is -2.30. The molecule has 2 rings (SSSR count). The first-order valence-electron chi connectivity index (χ1n) is 8.18. The first-order valence-corrected chi connectivity index (χ1v) is 9.71. The van der Waals surface area contributed by atoms with E-state index in [4.69, 9.17) is 9.26 Å². The monoisotopic (exact) mass is 376 g/mol. The smallest absolute Gasteiger partial charge is 0.394 e. The minimum Gasteiger partial charge on any atom is -0.497 e. The van der Waals surface area contributed by atoms with Gasteiger partial charge >= 0.3 is 7.67 Å². The maximum Gasteiger partial charge on any atom is 0.394 e. The second-order valence-electron chi connectivity index (χ2n) is 6.22. The van der Waals surface area contributed by atoms with Gasteiger partial charge in [-0.05, 0) is 46.4 Å². The van der Waals surface area contributed by atoms with Crippen molar-refractivity contribution in [2.24, 2.45) is 0 Å². The third-order valence-corrected chi connectivity index (χ3v) is 6.40. The standard InChI is InChI=1S/C19H25N2O4P/c1-20(2)26(23,21(3)4)25-19-12-11-17(24-5)13-16(19)14-18(22)15-9-7-6-8-10-15/h6-13H,14H2,1-5H3. The number of benzene rings is 2. The van der Waals surface area contributed by atoms with Crippen molar-refractivity contribution in [1.82, 2.24) is 9.34 Å². The second kappa shape index (κ2) is 8.49. The number of ether oxygens (including phenoxy) is 1.